The number of hydrogen-bond acceptors (Lipinski definition) is 9. The van der Waals surface area contributed by atoms with Crippen LogP contribution >= 0.6 is 22.9 Å². The van der Waals surface area contributed by atoms with Crippen LogP contribution in [0.5, 0.6) is 5.75 Å². The van der Waals surface area contributed by atoms with Gasteiger partial charge in [-0.05, 0) is 43.8 Å². The minimum Gasteiger partial charge on any atom is -0.426 e. The molecule has 0 N–H and O–H groups in total. The van der Waals surface area contributed by atoms with E-state index < -0.39 is 15.8 Å². The Labute approximate surface area is 222 Å². The van der Waals surface area contributed by atoms with Gasteiger partial charge in [0.2, 0.25) is 11.8 Å². The van der Waals surface area contributed by atoms with Crippen molar-refractivity contribution in [3.05, 3.63) is 45.4 Å². The minimum absolute atomic E-state index is 0.0438. The van der Waals surface area contributed by atoms with Crippen LogP contribution < -0.4 is 4.74 Å². The van der Waals surface area contributed by atoms with Crippen molar-refractivity contribution in [2.24, 2.45) is 0 Å². The Morgan fingerprint density at radius 1 is 1.14 bits per heavy atom. The summed E-state index contributed by atoms with van der Waals surface area (Å²) in [7, 11) is 0.345. The number of pyridine rings is 1. The van der Waals surface area contributed by atoms with Gasteiger partial charge in [-0.3, -0.25) is 24.2 Å². The monoisotopic (exact) mass is 561 g/mol. The Bertz CT molecular complexity index is 1530. The number of hydrogen-bond donors (Lipinski definition) is 0. The molecule has 194 valence electrons. The predicted molar refractivity (Wildman–Crippen MR) is 140 cm³/mol. The van der Waals surface area contributed by atoms with Gasteiger partial charge in [0.15, 0.2) is 9.84 Å². The van der Waals surface area contributed by atoms with Crippen LogP contribution in [-0.4, -0.2) is 67.4 Å². The molecule has 1 saturated heterocycles. The van der Waals surface area contributed by atoms with Gasteiger partial charge in [-0.25, -0.2) is 13.4 Å². The summed E-state index contributed by atoms with van der Waals surface area (Å²) in [6.07, 6.45) is 0.667. The number of thiophene rings is 1. The van der Waals surface area contributed by atoms with Gasteiger partial charge in [-0.15, -0.1) is 11.3 Å². The molecule has 2 aromatic heterocycles. The fourth-order valence-corrected chi connectivity index (χ4v) is 7.96. The first-order chi connectivity index (χ1) is 17.5. The second kappa shape index (κ2) is 9.79. The number of aryl methyl sites for hydroxylation is 1. The Balaban J connectivity index is 1.61. The molecule has 0 bridgehead atoms. The van der Waals surface area contributed by atoms with Gasteiger partial charge in [0.1, 0.15) is 10.6 Å². The van der Waals surface area contributed by atoms with Crippen molar-refractivity contribution in [3.63, 3.8) is 0 Å². The van der Waals surface area contributed by atoms with Crippen LogP contribution in [0.15, 0.2) is 24.3 Å². The van der Waals surface area contributed by atoms with Crippen molar-refractivity contribution in [3.8, 4) is 16.9 Å². The molecule has 12 heteroatoms. The zero-order valence-electron chi connectivity index (χ0n) is 20.2. The maximum atomic E-state index is 12.3. The molecule has 1 fully saturated rings. The van der Waals surface area contributed by atoms with E-state index in [0.717, 1.165) is 26.3 Å². The molecular weight excluding hydrogens is 538 g/mol. The van der Waals surface area contributed by atoms with E-state index in [1.54, 1.807) is 43.3 Å². The number of carbonyl (C=O) groups is 3. The summed E-state index contributed by atoms with van der Waals surface area (Å²) in [4.78, 5) is 45.5. The summed E-state index contributed by atoms with van der Waals surface area (Å²) < 4.78 is 30.0. The molecule has 0 saturated carbocycles. The number of esters is 1. The minimum atomic E-state index is -3.20. The van der Waals surface area contributed by atoms with Crippen LogP contribution in [-0.2, 0) is 42.9 Å². The van der Waals surface area contributed by atoms with Crippen molar-refractivity contribution in [1.82, 2.24) is 14.8 Å². The number of amides is 2. The number of sulfone groups is 1. The maximum Gasteiger partial charge on any atom is 0.325 e. The van der Waals surface area contributed by atoms with Crippen LogP contribution in [0, 0.1) is 0 Å². The molecule has 2 aliphatic heterocycles. The number of rotatable bonds is 6. The van der Waals surface area contributed by atoms with E-state index in [1.807, 2.05) is 0 Å². The van der Waals surface area contributed by atoms with Gasteiger partial charge in [0.05, 0.1) is 35.3 Å². The van der Waals surface area contributed by atoms with Crippen molar-refractivity contribution in [1.29, 1.82) is 0 Å². The highest BCUT2D eigenvalue weighted by molar-refractivity contribution is 7.90. The van der Waals surface area contributed by atoms with E-state index in [1.165, 1.54) is 11.3 Å². The van der Waals surface area contributed by atoms with E-state index >= 15 is 0 Å². The summed E-state index contributed by atoms with van der Waals surface area (Å²) in [6.45, 7) is 0.0837. The van der Waals surface area contributed by atoms with Crippen molar-refractivity contribution in [2.75, 3.05) is 26.4 Å². The SMILES string of the molecule is CN(C)CC(=O)Oc1ccc(-c2c(Cl)c(CN3C(=O)CCC3=O)nc3sc4c(c23)CCS(=O)(=O)C4)cc1. The normalized spacial score (nSPS) is 17.0. The first-order valence-electron chi connectivity index (χ1n) is 11.6. The lowest BCUT2D eigenvalue weighted by Gasteiger charge is -2.18. The summed E-state index contributed by atoms with van der Waals surface area (Å²) in [5, 5.41) is 1.08. The predicted octanol–water partition coefficient (Wildman–Crippen LogP) is 3.20. The Hall–Kier alpha value is -2.86. The van der Waals surface area contributed by atoms with E-state index in [0.29, 0.717) is 33.3 Å². The van der Waals surface area contributed by atoms with Crippen LogP contribution in [0.1, 0.15) is 29.0 Å². The number of nitrogens with zero attached hydrogens (tertiary/aromatic N) is 3. The molecule has 5 rings (SSSR count). The standard InChI is InChI=1S/C25H24ClN3O6S2/c1-28(2)12-21(32)35-15-5-3-14(4-6-15)22-23-16-9-10-37(33,34)13-18(16)36-25(23)27-17(24(22)26)11-29-19(30)7-8-20(29)31/h3-6H,7-13H2,1-2H3. The highest BCUT2D eigenvalue weighted by Crippen LogP contribution is 2.45. The lowest BCUT2D eigenvalue weighted by molar-refractivity contribution is -0.139. The lowest BCUT2D eigenvalue weighted by Crippen LogP contribution is -2.29. The van der Waals surface area contributed by atoms with Crippen LogP contribution in [0.2, 0.25) is 5.02 Å². The fraction of sp³-hybridized carbons (Fsp3) is 0.360. The summed E-state index contributed by atoms with van der Waals surface area (Å²) in [5.41, 5.74) is 2.65. The van der Waals surface area contributed by atoms with Gasteiger partial charge in [-0.2, -0.15) is 0 Å². The Kier molecular flexibility index (Phi) is 6.82. The molecule has 0 unspecified atom stereocenters. The zero-order chi connectivity index (χ0) is 26.5. The van der Waals surface area contributed by atoms with E-state index in [4.69, 9.17) is 21.3 Å². The van der Waals surface area contributed by atoms with Gasteiger partial charge < -0.3 is 4.74 Å². The maximum absolute atomic E-state index is 12.3. The molecule has 37 heavy (non-hydrogen) atoms. The first kappa shape index (κ1) is 25.8. The third-order valence-corrected chi connectivity index (χ3v) is 9.60. The second-order valence-corrected chi connectivity index (χ2v) is 13.0. The molecule has 2 amide bonds. The average Bonchev–Trinajstić information content (AvgIpc) is 3.32. The Morgan fingerprint density at radius 2 is 1.81 bits per heavy atom. The number of likely N-dealkylation sites (tertiary alicyclic amines) is 1. The highest BCUT2D eigenvalue weighted by atomic mass is 35.5. The number of ether oxygens (including phenoxy) is 1. The highest BCUT2D eigenvalue weighted by Gasteiger charge is 2.32. The van der Waals surface area contributed by atoms with Gasteiger partial charge in [0, 0.05) is 28.7 Å². The molecule has 3 aromatic rings. The molecular formula is C25H24ClN3O6S2. The molecule has 0 spiro atoms. The van der Waals surface area contributed by atoms with Crippen LogP contribution in [0.25, 0.3) is 21.3 Å². The van der Waals surface area contributed by atoms with E-state index in [-0.39, 0.29) is 49.3 Å². The molecule has 0 radical (unpaired) electrons. The fourth-order valence-electron chi connectivity index (χ4n) is 4.61. The summed E-state index contributed by atoms with van der Waals surface area (Å²) >= 11 is 8.22. The number of aromatic nitrogens is 1. The summed E-state index contributed by atoms with van der Waals surface area (Å²) in [6, 6.07) is 6.89. The zero-order valence-corrected chi connectivity index (χ0v) is 22.6. The second-order valence-electron chi connectivity index (χ2n) is 9.38. The van der Waals surface area contributed by atoms with Gasteiger partial charge in [0.25, 0.3) is 0 Å². The first-order valence-corrected chi connectivity index (χ1v) is 14.7. The number of likely N-dealkylation sites (N-methyl/N-ethyl adjacent to an activating group) is 1. The number of benzene rings is 1. The molecule has 1 aromatic carbocycles. The van der Waals surface area contributed by atoms with Crippen molar-refractivity contribution in [2.45, 2.75) is 31.6 Å². The smallest absolute Gasteiger partial charge is 0.325 e. The third kappa shape index (κ3) is 5.13. The number of halogens is 1. The van der Waals surface area contributed by atoms with Crippen molar-refractivity contribution >= 4 is 60.8 Å². The topological polar surface area (TPSA) is 114 Å². The number of imide groups is 1. The lowest BCUT2D eigenvalue weighted by atomic mass is 9.97. The third-order valence-electron chi connectivity index (χ3n) is 6.33. The van der Waals surface area contributed by atoms with Crippen molar-refractivity contribution < 1.29 is 27.5 Å². The van der Waals surface area contributed by atoms with E-state index in [9.17, 15) is 22.8 Å². The van der Waals surface area contributed by atoms with E-state index in [2.05, 4.69) is 0 Å². The van der Waals surface area contributed by atoms with Gasteiger partial charge >= 0.3 is 5.97 Å². The molecule has 4 heterocycles. The molecule has 9 nitrogen and oxygen atoms in total. The van der Waals surface area contributed by atoms with Crippen LogP contribution in [0.3, 0.4) is 0 Å². The van der Waals surface area contributed by atoms with Crippen LogP contribution in [0.4, 0.5) is 0 Å². The molecule has 0 atom stereocenters. The number of fused-ring (bicyclic) bond motifs is 3. The largest absolute Gasteiger partial charge is 0.426 e. The quantitative estimate of drug-likeness (QED) is 0.256. The summed E-state index contributed by atoms with van der Waals surface area (Å²) in [5.74, 6) is -0.571. The van der Waals surface area contributed by atoms with Gasteiger partial charge in [-0.1, -0.05) is 23.7 Å². The molecule has 2 aliphatic rings. The number of carbonyl (C=O) groups excluding carboxylic acids is 3. The Morgan fingerprint density at radius 3 is 2.46 bits per heavy atom. The molecule has 0 aliphatic carbocycles. The average molecular weight is 562 g/mol.